The summed E-state index contributed by atoms with van der Waals surface area (Å²) in [5.74, 6) is 0. The van der Waals surface area contributed by atoms with Crippen molar-refractivity contribution in [1.82, 2.24) is 0 Å². The number of hydrogen-bond acceptors (Lipinski definition) is 5. The summed E-state index contributed by atoms with van der Waals surface area (Å²) in [6, 6.07) is 0. The van der Waals surface area contributed by atoms with Crippen molar-refractivity contribution in [2.24, 2.45) is 0 Å². The summed E-state index contributed by atoms with van der Waals surface area (Å²) in [4.78, 5) is 0. The lowest BCUT2D eigenvalue weighted by Crippen LogP contribution is -2.33. The van der Waals surface area contributed by atoms with Crippen molar-refractivity contribution in [2.45, 2.75) is 32.7 Å². The molecular weight excluding hydrogens is 231 g/mol. The van der Waals surface area contributed by atoms with Crippen LogP contribution in [0.25, 0.3) is 0 Å². The van der Waals surface area contributed by atoms with E-state index in [1.165, 1.54) is 6.08 Å². The highest BCUT2D eigenvalue weighted by Crippen LogP contribution is 2.60. The maximum absolute atomic E-state index is 12.3. The van der Waals surface area contributed by atoms with Gasteiger partial charge >= 0.3 is 7.60 Å². The molecule has 0 aromatic carbocycles. The van der Waals surface area contributed by atoms with Crippen LogP contribution in [0, 0.1) is 0 Å². The predicted octanol–water partition coefficient (Wildman–Crippen LogP) is 2.51. The summed E-state index contributed by atoms with van der Waals surface area (Å²) in [5.41, 5.74) is -1.91. The van der Waals surface area contributed by atoms with Gasteiger partial charge in [0.25, 0.3) is 5.53 Å². The molecule has 0 saturated heterocycles. The van der Waals surface area contributed by atoms with Gasteiger partial charge in [-0.25, -0.2) is 0 Å². The third-order valence-electron chi connectivity index (χ3n) is 1.92. The van der Waals surface area contributed by atoms with Gasteiger partial charge in [0.05, 0.1) is 19.8 Å². The molecule has 0 bridgehead atoms. The fraction of sp³-hybridized carbons (Fsp3) is 0.800. The molecule has 1 atom stereocenters. The van der Waals surface area contributed by atoms with E-state index in [0.717, 1.165) is 0 Å². The van der Waals surface area contributed by atoms with Crippen LogP contribution in [-0.2, 0) is 18.3 Å². The summed E-state index contributed by atoms with van der Waals surface area (Å²) in [7, 11) is -3.69. The average Bonchev–Trinajstić information content (AvgIpc) is 2.26. The number of hydrogen-bond donors (Lipinski definition) is 1. The van der Waals surface area contributed by atoms with E-state index in [9.17, 15) is 9.67 Å². The topological polar surface area (TPSA) is 65.0 Å². The van der Waals surface area contributed by atoms with Gasteiger partial charge in [-0.15, -0.1) is 6.58 Å². The minimum absolute atomic E-state index is 0.0779. The van der Waals surface area contributed by atoms with Gasteiger partial charge in [0.15, 0.2) is 0 Å². The van der Waals surface area contributed by atoms with E-state index in [1.54, 1.807) is 20.8 Å². The number of rotatable bonds is 9. The van der Waals surface area contributed by atoms with Gasteiger partial charge in [-0.2, -0.15) is 0 Å². The second-order valence-electron chi connectivity index (χ2n) is 3.03. The second kappa shape index (κ2) is 7.20. The highest BCUT2D eigenvalue weighted by Gasteiger charge is 2.49. The third kappa shape index (κ3) is 3.68. The quantitative estimate of drug-likeness (QED) is 0.388. The van der Waals surface area contributed by atoms with E-state index in [0.29, 0.717) is 0 Å². The van der Waals surface area contributed by atoms with Crippen LogP contribution >= 0.6 is 7.60 Å². The molecular formula is C10H21O5P. The Morgan fingerprint density at radius 1 is 1.31 bits per heavy atom. The first-order valence-electron chi connectivity index (χ1n) is 5.36. The highest BCUT2D eigenvalue weighted by atomic mass is 31.2. The largest absolute Gasteiger partial charge is 0.389 e. The van der Waals surface area contributed by atoms with Crippen molar-refractivity contribution >= 4 is 7.60 Å². The molecule has 0 amide bonds. The van der Waals surface area contributed by atoms with E-state index in [2.05, 4.69) is 6.58 Å². The van der Waals surface area contributed by atoms with E-state index in [-0.39, 0.29) is 26.2 Å². The molecule has 0 aliphatic heterocycles. The van der Waals surface area contributed by atoms with Crippen molar-refractivity contribution in [3.05, 3.63) is 12.7 Å². The van der Waals surface area contributed by atoms with E-state index < -0.39 is 13.1 Å². The maximum atomic E-state index is 12.3. The Labute approximate surface area is 96.9 Å². The van der Waals surface area contributed by atoms with Gasteiger partial charge in [0, 0.05) is 6.42 Å². The SMILES string of the molecule is C=CCOC(O)(CC)P(=O)(OCC)OCC. The fourth-order valence-electron chi connectivity index (χ4n) is 1.15. The first-order chi connectivity index (χ1) is 7.49. The van der Waals surface area contributed by atoms with Gasteiger partial charge < -0.3 is 18.9 Å². The normalized spacial score (nSPS) is 15.8. The smallest absolute Gasteiger partial charge is 0.356 e. The van der Waals surface area contributed by atoms with Crippen LogP contribution in [0.2, 0.25) is 0 Å². The zero-order chi connectivity index (χ0) is 12.7. The van der Waals surface area contributed by atoms with E-state index in [4.69, 9.17) is 13.8 Å². The molecule has 0 aromatic heterocycles. The van der Waals surface area contributed by atoms with Crippen LogP contribution in [0.5, 0.6) is 0 Å². The van der Waals surface area contributed by atoms with Crippen molar-refractivity contribution in [3.8, 4) is 0 Å². The molecule has 0 radical (unpaired) electrons. The van der Waals surface area contributed by atoms with Gasteiger partial charge in [0.2, 0.25) is 0 Å². The van der Waals surface area contributed by atoms with Crippen LogP contribution in [0.3, 0.4) is 0 Å². The van der Waals surface area contributed by atoms with Crippen molar-refractivity contribution in [1.29, 1.82) is 0 Å². The van der Waals surface area contributed by atoms with Gasteiger partial charge in [-0.05, 0) is 13.8 Å². The van der Waals surface area contributed by atoms with Crippen LogP contribution < -0.4 is 0 Å². The molecule has 0 spiro atoms. The molecule has 1 unspecified atom stereocenters. The summed E-state index contributed by atoms with van der Waals surface area (Å²) in [6.45, 7) is 8.90. The van der Waals surface area contributed by atoms with E-state index in [1.807, 2.05) is 0 Å². The molecule has 0 saturated carbocycles. The molecule has 0 aliphatic carbocycles. The van der Waals surface area contributed by atoms with Crippen molar-refractivity contribution in [2.75, 3.05) is 19.8 Å². The molecule has 0 fully saturated rings. The van der Waals surface area contributed by atoms with E-state index >= 15 is 0 Å². The summed E-state index contributed by atoms with van der Waals surface area (Å²) in [6.07, 6.45) is 1.57. The Morgan fingerprint density at radius 3 is 2.12 bits per heavy atom. The zero-order valence-corrected chi connectivity index (χ0v) is 11.0. The maximum Gasteiger partial charge on any atom is 0.389 e. The first-order valence-corrected chi connectivity index (χ1v) is 6.90. The molecule has 5 nitrogen and oxygen atoms in total. The Kier molecular flexibility index (Phi) is 7.11. The Bertz CT molecular complexity index is 246. The zero-order valence-electron chi connectivity index (χ0n) is 10.1. The lowest BCUT2D eigenvalue weighted by molar-refractivity contribution is -0.149. The van der Waals surface area contributed by atoms with Crippen molar-refractivity contribution in [3.63, 3.8) is 0 Å². The second-order valence-corrected chi connectivity index (χ2v) is 5.24. The molecule has 6 heteroatoms. The van der Waals surface area contributed by atoms with Crippen LogP contribution in [-0.4, -0.2) is 30.5 Å². The molecule has 0 rings (SSSR count). The summed E-state index contributed by atoms with van der Waals surface area (Å²) in [5, 5.41) is 10.1. The van der Waals surface area contributed by atoms with Crippen LogP contribution in [0.15, 0.2) is 12.7 Å². The van der Waals surface area contributed by atoms with Gasteiger partial charge in [-0.3, -0.25) is 4.57 Å². The molecule has 0 heterocycles. The highest BCUT2D eigenvalue weighted by molar-refractivity contribution is 7.55. The average molecular weight is 252 g/mol. The third-order valence-corrected chi connectivity index (χ3v) is 4.42. The van der Waals surface area contributed by atoms with Crippen LogP contribution in [0.4, 0.5) is 0 Å². The Balaban J connectivity index is 4.94. The molecule has 0 aliphatic rings. The molecule has 0 aromatic rings. The van der Waals surface area contributed by atoms with Gasteiger partial charge in [0.1, 0.15) is 0 Å². The lowest BCUT2D eigenvalue weighted by Gasteiger charge is -2.32. The Morgan fingerprint density at radius 2 is 1.81 bits per heavy atom. The summed E-state index contributed by atoms with van der Waals surface area (Å²) >= 11 is 0. The standard InChI is InChI=1S/C10H21O5P/c1-5-9-13-10(11,6-2)16(12,14-7-3)15-8-4/h5,11H,1,6-9H2,2-4H3. The molecule has 96 valence electrons. The minimum atomic E-state index is -3.69. The summed E-state index contributed by atoms with van der Waals surface area (Å²) < 4.78 is 27.5. The van der Waals surface area contributed by atoms with Gasteiger partial charge in [-0.1, -0.05) is 13.0 Å². The Hall–Kier alpha value is -0.190. The van der Waals surface area contributed by atoms with Crippen molar-refractivity contribution < 1.29 is 23.5 Å². The number of aliphatic hydroxyl groups is 1. The van der Waals surface area contributed by atoms with Crippen LogP contribution in [0.1, 0.15) is 27.2 Å². The minimum Gasteiger partial charge on any atom is -0.356 e. The number of ether oxygens (including phenoxy) is 1. The monoisotopic (exact) mass is 252 g/mol. The first kappa shape index (κ1) is 15.8. The molecule has 16 heavy (non-hydrogen) atoms. The molecule has 1 N–H and O–H groups in total. The lowest BCUT2D eigenvalue weighted by atomic mass is 10.5. The predicted molar refractivity (Wildman–Crippen MR) is 62.2 cm³/mol. The fourth-order valence-corrected chi connectivity index (χ4v) is 2.92.